The molecule has 0 spiro atoms. The highest BCUT2D eigenvalue weighted by atomic mass is 79.9. The van der Waals surface area contributed by atoms with Crippen LogP contribution in [0.5, 0.6) is 0 Å². The van der Waals surface area contributed by atoms with E-state index in [-0.39, 0.29) is 6.61 Å². The van der Waals surface area contributed by atoms with Crippen LogP contribution in [0.15, 0.2) is 59.1 Å². The first-order chi connectivity index (χ1) is 25.2. The third kappa shape index (κ3) is 12.2. The molecule has 14 heteroatoms. The SMILES string of the molecule is CCOP(=O)(c1ccccc1)[C@H](N[C@@H]1O[C@H](COC(=O)C(C)(C)C)[C@H](OC(=O)C(C)(C)C)[C@H](OC(=O)C(C)(C)C)[C@H]1OC(=O)C(C)(C)C)c1ccc(Br)cc1. The first-order valence-electron chi connectivity index (χ1n) is 18.5. The highest BCUT2D eigenvalue weighted by Crippen LogP contribution is 2.58. The van der Waals surface area contributed by atoms with Crippen molar-refractivity contribution in [2.75, 3.05) is 13.2 Å². The number of carbonyl (C=O) groups is 4. The summed E-state index contributed by atoms with van der Waals surface area (Å²) in [5, 5.41) is 3.74. The number of ether oxygens (including phenoxy) is 5. The Bertz CT molecular complexity index is 1690. The minimum atomic E-state index is -3.91. The van der Waals surface area contributed by atoms with E-state index in [9.17, 15) is 19.2 Å². The molecule has 1 fully saturated rings. The summed E-state index contributed by atoms with van der Waals surface area (Å²) in [5.41, 5.74) is -3.49. The minimum Gasteiger partial charge on any atom is -0.462 e. The number of carbonyl (C=O) groups excluding carboxylic acids is 4. The number of nitrogens with one attached hydrogen (secondary N) is 1. The van der Waals surface area contributed by atoms with Crippen LogP contribution in [0, 0.1) is 21.7 Å². The van der Waals surface area contributed by atoms with Crippen molar-refractivity contribution in [3.05, 3.63) is 64.6 Å². The number of hydrogen-bond acceptors (Lipinski definition) is 12. The van der Waals surface area contributed by atoms with Crippen LogP contribution >= 0.6 is 23.3 Å². The van der Waals surface area contributed by atoms with Crippen molar-refractivity contribution in [3.8, 4) is 0 Å². The topological polar surface area (TPSA) is 153 Å². The molecular weight excluding hydrogens is 793 g/mol. The number of hydrogen-bond donors (Lipinski definition) is 1. The first-order valence-corrected chi connectivity index (χ1v) is 21.0. The van der Waals surface area contributed by atoms with Gasteiger partial charge in [0.25, 0.3) is 7.37 Å². The van der Waals surface area contributed by atoms with Gasteiger partial charge in [-0.3, -0.25) is 29.1 Å². The quantitative estimate of drug-likeness (QED) is 0.126. The molecule has 0 aliphatic carbocycles. The number of rotatable bonds is 12. The summed E-state index contributed by atoms with van der Waals surface area (Å²) in [5.74, 6) is -3.74. The van der Waals surface area contributed by atoms with Gasteiger partial charge >= 0.3 is 23.9 Å². The van der Waals surface area contributed by atoms with Gasteiger partial charge in [0.15, 0.2) is 24.5 Å². The van der Waals surface area contributed by atoms with Crippen molar-refractivity contribution in [1.29, 1.82) is 0 Å². The van der Waals surface area contributed by atoms with Crippen LogP contribution in [0.25, 0.3) is 0 Å². The van der Waals surface area contributed by atoms with Crippen LogP contribution in [0.1, 0.15) is 101 Å². The lowest BCUT2D eigenvalue weighted by Gasteiger charge is -2.47. The molecule has 1 aliphatic rings. The Morgan fingerprint density at radius 1 is 0.691 bits per heavy atom. The fourth-order valence-corrected chi connectivity index (χ4v) is 7.92. The number of benzene rings is 2. The van der Waals surface area contributed by atoms with Crippen molar-refractivity contribution in [1.82, 2.24) is 5.32 Å². The Morgan fingerprint density at radius 3 is 1.60 bits per heavy atom. The molecule has 1 saturated heterocycles. The van der Waals surface area contributed by atoms with E-state index >= 15 is 4.57 Å². The van der Waals surface area contributed by atoms with Crippen molar-refractivity contribution in [2.24, 2.45) is 21.7 Å². The maximum absolute atomic E-state index is 15.4. The van der Waals surface area contributed by atoms with Gasteiger partial charge in [-0.2, -0.15) is 0 Å². The lowest BCUT2D eigenvalue weighted by Crippen LogP contribution is -2.67. The van der Waals surface area contributed by atoms with Crippen LogP contribution < -0.4 is 10.6 Å². The molecule has 0 aromatic heterocycles. The van der Waals surface area contributed by atoms with Crippen molar-refractivity contribution >= 4 is 52.5 Å². The Hall–Kier alpha value is -3.09. The molecule has 2 aromatic carbocycles. The average molecular weight is 853 g/mol. The minimum absolute atomic E-state index is 0.0802. The molecule has 0 bridgehead atoms. The summed E-state index contributed by atoms with van der Waals surface area (Å²) >= 11 is 3.48. The highest BCUT2D eigenvalue weighted by Gasteiger charge is 2.56. The van der Waals surface area contributed by atoms with E-state index in [0.717, 1.165) is 4.47 Å². The largest absolute Gasteiger partial charge is 0.462 e. The lowest BCUT2D eigenvalue weighted by molar-refractivity contribution is -0.265. The van der Waals surface area contributed by atoms with E-state index in [1.54, 1.807) is 145 Å². The van der Waals surface area contributed by atoms with Crippen molar-refractivity contribution < 1.29 is 52.0 Å². The Labute approximate surface area is 334 Å². The van der Waals surface area contributed by atoms with E-state index in [1.165, 1.54) is 0 Å². The standard InChI is InChI=1S/C41H59BrNO11P/c1-14-50-55(48,27-18-16-15-17-19-27)33(25-20-22-26(42)23-21-25)43-32-31(54-37(47)41(11,12)13)30(53-36(46)40(8,9)10)29(52-35(45)39(5,6)7)28(51-32)24-49-34(44)38(2,3)4/h15-23,28-33,43H,14,24H2,1-13H3/t28-,29+,30+,31-,32-,33+,55?/m1/s1. The van der Waals surface area contributed by atoms with E-state index in [4.69, 9.17) is 28.2 Å². The molecule has 3 rings (SSSR count). The molecule has 306 valence electrons. The third-order valence-corrected chi connectivity index (χ3v) is 11.8. The molecule has 1 unspecified atom stereocenters. The van der Waals surface area contributed by atoms with E-state index in [1.807, 2.05) is 0 Å². The van der Waals surface area contributed by atoms with Crippen LogP contribution in [0.4, 0.5) is 0 Å². The molecule has 0 radical (unpaired) electrons. The molecule has 0 amide bonds. The predicted molar refractivity (Wildman–Crippen MR) is 212 cm³/mol. The molecule has 1 aliphatic heterocycles. The van der Waals surface area contributed by atoms with Gasteiger partial charge in [-0.25, -0.2) is 0 Å². The Kier molecular flexibility index (Phi) is 15.2. The van der Waals surface area contributed by atoms with E-state index in [0.29, 0.717) is 10.9 Å². The second kappa shape index (κ2) is 18.0. The molecule has 1 heterocycles. The van der Waals surface area contributed by atoms with Gasteiger partial charge in [-0.05, 0) is 120 Å². The zero-order chi connectivity index (χ0) is 41.7. The van der Waals surface area contributed by atoms with Gasteiger partial charge in [0.2, 0.25) is 0 Å². The average Bonchev–Trinajstić information content (AvgIpc) is 3.07. The number of halogens is 1. The smallest absolute Gasteiger partial charge is 0.311 e. The summed E-state index contributed by atoms with van der Waals surface area (Å²) in [6.45, 7) is 21.3. The lowest BCUT2D eigenvalue weighted by atomic mass is 9.92. The summed E-state index contributed by atoms with van der Waals surface area (Å²) in [7, 11) is -3.91. The van der Waals surface area contributed by atoms with Crippen LogP contribution in [0.2, 0.25) is 0 Å². The van der Waals surface area contributed by atoms with Crippen molar-refractivity contribution in [2.45, 2.75) is 126 Å². The van der Waals surface area contributed by atoms with Gasteiger partial charge in [0.1, 0.15) is 18.5 Å². The first kappa shape index (κ1) is 46.3. The molecule has 0 saturated carbocycles. The van der Waals surface area contributed by atoms with Gasteiger partial charge in [0.05, 0.1) is 28.3 Å². The zero-order valence-corrected chi connectivity index (χ0v) is 36.9. The highest BCUT2D eigenvalue weighted by molar-refractivity contribution is 9.10. The maximum Gasteiger partial charge on any atom is 0.311 e. The van der Waals surface area contributed by atoms with Gasteiger partial charge in [-0.15, -0.1) is 0 Å². The molecule has 1 N–H and O–H groups in total. The second-order valence-corrected chi connectivity index (χ2v) is 21.2. The van der Waals surface area contributed by atoms with Gasteiger partial charge in [0, 0.05) is 9.78 Å². The van der Waals surface area contributed by atoms with Crippen LogP contribution in [0.3, 0.4) is 0 Å². The van der Waals surface area contributed by atoms with Gasteiger partial charge in [-0.1, -0.05) is 46.3 Å². The summed E-state index contributed by atoms with van der Waals surface area (Å²) in [6.07, 6.45) is -7.10. The molecule has 55 heavy (non-hydrogen) atoms. The summed E-state index contributed by atoms with van der Waals surface area (Å²) in [6, 6.07) is 15.8. The monoisotopic (exact) mass is 851 g/mol. The van der Waals surface area contributed by atoms with Gasteiger partial charge < -0.3 is 28.2 Å². The molecule has 12 nitrogen and oxygen atoms in total. The van der Waals surface area contributed by atoms with E-state index < -0.39 is 95.9 Å². The zero-order valence-electron chi connectivity index (χ0n) is 34.4. The number of esters is 4. The summed E-state index contributed by atoms with van der Waals surface area (Å²) < 4.78 is 53.2. The third-order valence-electron chi connectivity index (χ3n) is 8.48. The van der Waals surface area contributed by atoms with Crippen LogP contribution in [-0.2, 0) is 52.0 Å². The van der Waals surface area contributed by atoms with Crippen LogP contribution in [-0.4, -0.2) is 67.7 Å². The fourth-order valence-electron chi connectivity index (χ4n) is 5.18. The molecular formula is C41H59BrNO11P. The predicted octanol–water partition coefficient (Wildman–Crippen LogP) is 7.87. The maximum atomic E-state index is 15.4. The van der Waals surface area contributed by atoms with Crippen molar-refractivity contribution in [3.63, 3.8) is 0 Å². The molecule has 2 aromatic rings. The molecule has 7 atom stereocenters. The Morgan fingerprint density at radius 2 is 1.15 bits per heavy atom. The summed E-state index contributed by atoms with van der Waals surface area (Å²) in [4.78, 5) is 54.3. The second-order valence-electron chi connectivity index (χ2n) is 17.8. The fraction of sp³-hybridized carbons (Fsp3) is 0.610. The normalized spacial score (nSPS) is 22.5. The Balaban J connectivity index is 2.36. The van der Waals surface area contributed by atoms with E-state index in [2.05, 4.69) is 21.2 Å².